The number of fused-ring (bicyclic) bond motifs is 1. The fourth-order valence-corrected chi connectivity index (χ4v) is 2.68. The predicted molar refractivity (Wildman–Crippen MR) is 98.8 cm³/mol. The molecule has 0 aliphatic rings. The van der Waals surface area contributed by atoms with E-state index in [1.807, 2.05) is 36.4 Å². The van der Waals surface area contributed by atoms with Crippen LogP contribution in [-0.4, -0.2) is 15.7 Å². The SMILES string of the molecule is O=C(On1c(-c2ccccc2)nc2ccccc2c1=O)c1ccccc1. The number of hydrogen-bond donors (Lipinski definition) is 0. The molecule has 1 heterocycles. The van der Waals surface area contributed by atoms with Crippen molar-refractivity contribution >= 4 is 16.9 Å². The first-order chi connectivity index (χ1) is 12.7. The molecule has 1 aromatic heterocycles. The van der Waals surface area contributed by atoms with Crippen molar-refractivity contribution < 1.29 is 9.63 Å². The van der Waals surface area contributed by atoms with E-state index in [4.69, 9.17) is 4.84 Å². The van der Waals surface area contributed by atoms with Gasteiger partial charge in [-0.05, 0) is 24.3 Å². The number of para-hydroxylation sites is 1. The fraction of sp³-hybridized carbons (Fsp3) is 0. The standard InChI is InChI=1S/C21H14N2O3/c24-20-17-13-7-8-14-18(17)22-19(15-9-3-1-4-10-15)23(20)26-21(25)16-11-5-2-6-12-16/h1-14H. The van der Waals surface area contributed by atoms with Gasteiger partial charge in [0, 0.05) is 5.56 Å². The predicted octanol–water partition coefficient (Wildman–Crippen LogP) is 3.33. The van der Waals surface area contributed by atoms with Crippen molar-refractivity contribution in [3.63, 3.8) is 0 Å². The maximum absolute atomic E-state index is 12.9. The molecule has 0 saturated carbocycles. The second kappa shape index (κ2) is 6.64. The van der Waals surface area contributed by atoms with Gasteiger partial charge < -0.3 is 4.84 Å². The first-order valence-corrected chi connectivity index (χ1v) is 8.09. The summed E-state index contributed by atoms with van der Waals surface area (Å²) in [6.45, 7) is 0. The van der Waals surface area contributed by atoms with E-state index in [1.54, 1.807) is 48.5 Å². The smallest absolute Gasteiger partial charge is 0.326 e. The van der Waals surface area contributed by atoms with E-state index in [0.717, 1.165) is 4.73 Å². The molecule has 0 aliphatic heterocycles. The zero-order chi connectivity index (χ0) is 17.9. The van der Waals surface area contributed by atoms with Gasteiger partial charge in [-0.3, -0.25) is 4.79 Å². The lowest BCUT2D eigenvalue weighted by molar-refractivity contribution is 0.0449. The number of aromatic nitrogens is 2. The molecule has 3 aromatic carbocycles. The molecule has 126 valence electrons. The van der Waals surface area contributed by atoms with E-state index in [9.17, 15) is 9.59 Å². The summed E-state index contributed by atoms with van der Waals surface area (Å²) in [5.41, 5.74) is 1.14. The molecule has 0 fully saturated rings. The van der Waals surface area contributed by atoms with E-state index in [2.05, 4.69) is 4.98 Å². The number of rotatable bonds is 3. The molecule has 0 atom stereocenters. The van der Waals surface area contributed by atoms with Crippen molar-refractivity contribution in [2.75, 3.05) is 0 Å². The van der Waals surface area contributed by atoms with E-state index in [-0.39, 0.29) is 5.82 Å². The van der Waals surface area contributed by atoms with Crippen LogP contribution < -0.4 is 10.4 Å². The molecule has 0 saturated heterocycles. The normalized spacial score (nSPS) is 10.6. The zero-order valence-electron chi connectivity index (χ0n) is 13.7. The van der Waals surface area contributed by atoms with Gasteiger partial charge in [-0.25, -0.2) is 9.78 Å². The molecule has 0 amide bonds. The Hall–Kier alpha value is -3.73. The van der Waals surface area contributed by atoms with Crippen molar-refractivity contribution in [3.05, 3.63) is 101 Å². The van der Waals surface area contributed by atoms with Gasteiger partial charge in [0.2, 0.25) is 0 Å². The lowest BCUT2D eigenvalue weighted by Crippen LogP contribution is -2.33. The summed E-state index contributed by atoms with van der Waals surface area (Å²) in [7, 11) is 0. The third-order valence-electron chi connectivity index (χ3n) is 3.95. The molecule has 0 spiro atoms. The van der Waals surface area contributed by atoms with Crippen LogP contribution in [0.3, 0.4) is 0 Å². The van der Waals surface area contributed by atoms with Crippen LogP contribution in [0, 0.1) is 0 Å². The molecule has 0 unspecified atom stereocenters. The average Bonchev–Trinajstić information content (AvgIpc) is 2.71. The molecule has 4 aromatic rings. The second-order valence-corrected chi connectivity index (χ2v) is 5.66. The number of carbonyl (C=O) groups is 1. The Labute approximate surface area is 149 Å². The first-order valence-electron chi connectivity index (χ1n) is 8.09. The van der Waals surface area contributed by atoms with Gasteiger partial charge in [-0.1, -0.05) is 60.7 Å². The molecule has 4 rings (SSSR count). The van der Waals surface area contributed by atoms with Crippen LogP contribution in [0.1, 0.15) is 10.4 Å². The van der Waals surface area contributed by atoms with Crippen molar-refractivity contribution in [2.24, 2.45) is 0 Å². The lowest BCUT2D eigenvalue weighted by Gasteiger charge is -2.13. The van der Waals surface area contributed by atoms with E-state index < -0.39 is 11.5 Å². The molecular formula is C21H14N2O3. The van der Waals surface area contributed by atoms with Crippen LogP contribution in [0.25, 0.3) is 22.3 Å². The number of nitrogens with zero attached hydrogens (tertiary/aromatic N) is 2. The molecule has 0 aliphatic carbocycles. The highest BCUT2D eigenvalue weighted by molar-refractivity contribution is 5.90. The van der Waals surface area contributed by atoms with Crippen LogP contribution in [0.2, 0.25) is 0 Å². The maximum Gasteiger partial charge on any atom is 0.363 e. The Morgan fingerprint density at radius 1 is 0.808 bits per heavy atom. The third kappa shape index (κ3) is 2.86. The largest absolute Gasteiger partial charge is 0.363 e. The average molecular weight is 342 g/mol. The molecule has 26 heavy (non-hydrogen) atoms. The Bertz CT molecular complexity index is 1140. The summed E-state index contributed by atoms with van der Waals surface area (Å²) in [6, 6.07) is 24.6. The highest BCUT2D eigenvalue weighted by Crippen LogP contribution is 2.18. The number of hydrogen-bond acceptors (Lipinski definition) is 4. The summed E-state index contributed by atoms with van der Waals surface area (Å²) in [5.74, 6) is -0.347. The van der Waals surface area contributed by atoms with Crippen LogP contribution >= 0.6 is 0 Å². The Balaban J connectivity index is 1.90. The lowest BCUT2D eigenvalue weighted by atomic mass is 10.2. The topological polar surface area (TPSA) is 61.2 Å². The van der Waals surface area contributed by atoms with E-state index in [0.29, 0.717) is 22.0 Å². The molecular weight excluding hydrogens is 328 g/mol. The number of benzene rings is 3. The van der Waals surface area contributed by atoms with Gasteiger partial charge in [-0.2, -0.15) is 0 Å². The van der Waals surface area contributed by atoms with Crippen molar-refractivity contribution in [2.45, 2.75) is 0 Å². The molecule has 5 heteroatoms. The van der Waals surface area contributed by atoms with E-state index >= 15 is 0 Å². The van der Waals surface area contributed by atoms with Gasteiger partial charge >= 0.3 is 5.97 Å². The van der Waals surface area contributed by atoms with Crippen molar-refractivity contribution in [1.82, 2.24) is 9.71 Å². The monoisotopic (exact) mass is 342 g/mol. The molecule has 0 radical (unpaired) electrons. The Morgan fingerprint density at radius 3 is 2.15 bits per heavy atom. The molecule has 5 nitrogen and oxygen atoms in total. The summed E-state index contributed by atoms with van der Waals surface area (Å²) < 4.78 is 0.965. The fourth-order valence-electron chi connectivity index (χ4n) is 2.68. The minimum Gasteiger partial charge on any atom is -0.326 e. The highest BCUT2D eigenvalue weighted by atomic mass is 16.7. The van der Waals surface area contributed by atoms with Crippen LogP contribution in [-0.2, 0) is 0 Å². The molecule has 0 bridgehead atoms. The molecule has 0 N–H and O–H groups in total. The highest BCUT2D eigenvalue weighted by Gasteiger charge is 2.17. The van der Waals surface area contributed by atoms with Gasteiger partial charge in [0.05, 0.1) is 16.5 Å². The minimum absolute atomic E-state index is 0.276. The Kier molecular flexibility index (Phi) is 4.03. The van der Waals surface area contributed by atoms with Gasteiger partial charge in [0.15, 0.2) is 5.82 Å². The summed E-state index contributed by atoms with van der Waals surface area (Å²) in [4.78, 5) is 35.4. The summed E-state index contributed by atoms with van der Waals surface area (Å²) in [6.07, 6.45) is 0. The first kappa shape index (κ1) is 15.8. The van der Waals surface area contributed by atoms with Crippen LogP contribution in [0.15, 0.2) is 89.7 Å². The second-order valence-electron chi connectivity index (χ2n) is 5.66. The minimum atomic E-state index is -0.623. The van der Waals surface area contributed by atoms with Crippen molar-refractivity contribution in [1.29, 1.82) is 0 Å². The zero-order valence-corrected chi connectivity index (χ0v) is 13.7. The number of carbonyl (C=O) groups excluding carboxylic acids is 1. The van der Waals surface area contributed by atoms with Crippen molar-refractivity contribution in [3.8, 4) is 11.4 Å². The maximum atomic E-state index is 12.9. The Morgan fingerprint density at radius 2 is 1.42 bits per heavy atom. The van der Waals surface area contributed by atoms with Crippen LogP contribution in [0.4, 0.5) is 0 Å². The van der Waals surface area contributed by atoms with Gasteiger partial charge in [0.25, 0.3) is 5.56 Å². The summed E-state index contributed by atoms with van der Waals surface area (Å²) in [5, 5.41) is 0.382. The summed E-state index contributed by atoms with van der Waals surface area (Å²) >= 11 is 0. The van der Waals surface area contributed by atoms with Crippen LogP contribution in [0.5, 0.6) is 0 Å². The quantitative estimate of drug-likeness (QED) is 0.573. The van der Waals surface area contributed by atoms with E-state index in [1.165, 1.54) is 0 Å². The van der Waals surface area contributed by atoms with Gasteiger partial charge in [-0.15, -0.1) is 4.73 Å². The van der Waals surface area contributed by atoms with Gasteiger partial charge in [0.1, 0.15) is 0 Å². The third-order valence-corrected chi connectivity index (χ3v) is 3.95.